The summed E-state index contributed by atoms with van der Waals surface area (Å²) in [5, 5.41) is 0. The standard InChI is InChI=1S/C19H26O4/c1-14(2)7-6-8-15(3)11-12-23-17-10-9-16(19(20)22-5)13-18(17)21-4/h7,9-11,13H,6,8,12H2,1-5H3/b15-11+. The highest BCUT2D eigenvalue weighted by Crippen LogP contribution is 2.28. The number of hydrogen-bond acceptors (Lipinski definition) is 4. The molecular formula is C19H26O4. The van der Waals surface area contributed by atoms with Crippen LogP contribution in [0.5, 0.6) is 11.5 Å². The lowest BCUT2D eigenvalue weighted by Gasteiger charge is -2.11. The van der Waals surface area contributed by atoms with Crippen molar-refractivity contribution < 1.29 is 19.0 Å². The summed E-state index contributed by atoms with van der Waals surface area (Å²) in [5.74, 6) is 0.724. The minimum Gasteiger partial charge on any atom is -0.493 e. The maximum absolute atomic E-state index is 11.5. The maximum atomic E-state index is 11.5. The molecule has 0 heterocycles. The highest BCUT2D eigenvalue weighted by Gasteiger charge is 2.10. The van der Waals surface area contributed by atoms with Crippen LogP contribution in [0.3, 0.4) is 0 Å². The van der Waals surface area contributed by atoms with Gasteiger partial charge in [-0.15, -0.1) is 0 Å². The lowest BCUT2D eigenvalue weighted by molar-refractivity contribution is 0.0600. The van der Waals surface area contributed by atoms with Crippen LogP contribution in [0.4, 0.5) is 0 Å². The third-order valence-corrected chi connectivity index (χ3v) is 3.35. The minimum atomic E-state index is -0.398. The predicted molar refractivity (Wildman–Crippen MR) is 92.3 cm³/mol. The fraction of sp³-hybridized carbons (Fsp3) is 0.421. The molecule has 23 heavy (non-hydrogen) atoms. The van der Waals surface area contributed by atoms with E-state index in [1.54, 1.807) is 25.3 Å². The van der Waals surface area contributed by atoms with E-state index in [9.17, 15) is 4.79 Å². The highest BCUT2D eigenvalue weighted by molar-refractivity contribution is 5.90. The Morgan fingerprint density at radius 1 is 1.09 bits per heavy atom. The van der Waals surface area contributed by atoms with Gasteiger partial charge < -0.3 is 14.2 Å². The highest BCUT2D eigenvalue weighted by atomic mass is 16.5. The van der Waals surface area contributed by atoms with Crippen LogP contribution in [0.1, 0.15) is 44.0 Å². The van der Waals surface area contributed by atoms with Crippen molar-refractivity contribution in [2.24, 2.45) is 0 Å². The summed E-state index contributed by atoms with van der Waals surface area (Å²) in [5.41, 5.74) is 3.06. The minimum absolute atomic E-state index is 0.398. The third kappa shape index (κ3) is 6.59. The lowest BCUT2D eigenvalue weighted by Crippen LogP contribution is -2.03. The zero-order valence-corrected chi connectivity index (χ0v) is 14.6. The molecule has 0 aromatic heterocycles. The number of ether oxygens (including phenoxy) is 3. The van der Waals surface area contributed by atoms with Crippen LogP contribution in [0.2, 0.25) is 0 Å². The van der Waals surface area contributed by atoms with Gasteiger partial charge in [0.05, 0.1) is 19.8 Å². The van der Waals surface area contributed by atoms with E-state index in [-0.39, 0.29) is 0 Å². The van der Waals surface area contributed by atoms with Crippen molar-refractivity contribution in [3.05, 3.63) is 47.1 Å². The molecule has 1 aromatic rings. The number of carbonyl (C=O) groups is 1. The number of hydrogen-bond donors (Lipinski definition) is 0. The number of methoxy groups -OCH3 is 2. The largest absolute Gasteiger partial charge is 0.493 e. The second-order valence-corrected chi connectivity index (χ2v) is 5.54. The Morgan fingerprint density at radius 2 is 1.83 bits per heavy atom. The van der Waals surface area contributed by atoms with Crippen molar-refractivity contribution in [1.82, 2.24) is 0 Å². The fourth-order valence-electron chi connectivity index (χ4n) is 2.00. The van der Waals surface area contributed by atoms with Gasteiger partial charge in [0.15, 0.2) is 11.5 Å². The average Bonchev–Trinajstić information content (AvgIpc) is 2.53. The van der Waals surface area contributed by atoms with Crippen LogP contribution < -0.4 is 9.47 Å². The maximum Gasteiger partial charge on any atom is 0.337 e. The van der Waals surface area contributed by atoms with Crippen molar-refractivity contribution in [2.45, 2.75) is 33.6 Å². The fourth-order valence-corrected chi connectivity index (χ4v) is 2.00. The Kier molecular flexibility index (Phi) is 7.95. The van der Waals surface area contributed by atoms with Gasteiger partial charge in [-0.1, -0.05) is 17.2 Å². The van der Waals surface area contributed by atoms with Gasteiger partial charge in [-0.2, -0.15) is 0 Å². The van der Waals surface area contributed by atoms with Crippen LogP contribution in [0, 0.1) is 0 Å². The molecule has 0 saturated heterocycles. The summed E-state index contributed by atoms with van der Waals surface area (Å²) < 4.78 is 15.7. The second-order valence-electron chi connectivity index (χ2n) is 5.54. The molecule has 0 aliphatic carbocycles. The summed E-state index contributed by atoms with van der Waals surface area (Å²) >= 11 is 0. The Morgan fingerprint density at radius 3 is 2.43 bits per heavy atom. The van der Waals surface area contributed by atoms with Crippen LogP contribution in [-0.4, -0.2) is 26.8 Å². The van der Waals surface area contributed by atoms with E-state index in [2.05, 4.69) is 32.9 Å². The van der Waals surface area contributed by atoms with Gasteiger partial charge in [0, 0.05) is 0 Å². The molecule has 0 spiro atoms. The zero-order valence-electron chi connectivity index (χ0n) is 14.6. The molecule has 0 unspecified atom stereocenters. The van der Waals surface area contributed by atoms with E-state index in [1.807, 2.05) is 0 Å². The number of esters is 1. The summed E-state index contributed by atoms with van der Waals surface area (Å²) in [6.45, 7) is 6.77. The van der Waals surface area contributed by atoms with E-state index < -0.39 is 5.97 Å². The topological polar surface area (TPSA) is 44.8 Å². The van der Waals surface area contributed by atoms with Gasteiger partial charge in [0.1, 0.15) is 6.61 Å². The molecule has 4 nitrogen and oxygen atoms in total. The van der Waals surface area contributed by atoms with E-state index in [1.165, 1.54) is 18.3 Å². The molecule has 0 aliphatic rings. The van der Waals surface area contributed by atoms with Gasteiger partial charge in [0.2, 0.25) is 0 Å². The van der Waals surface area contributed by atoms with Crippen molar-refractivity contribution in [2.75, 3.05) is 20.8 Å². The van der Waals surface area contributed by atoms with E-state index in [0.29, 0.717) is 23.7 Å². The predicted octanol–water partition coefficient (Wildman–Crippen LogP) is 4.55. The normalized spacial score (nSPS) is 10.9. The Bertz CT molecular complexity index is 581. The molecule has 4 heteroatoms. The second kappa shape index (κ2) is 9.72. The summed E-state index contributed by atoms with van der Waals surface area (Å²) in [6.07, 6.45) is 6.36. The molecule has 1 rings (SSSR count). The summed E-state index contributed by atoms with van der Waals surface area (Å²) in [6, 6.07) is 5.00. The smallest absolute Gasteiger partial charge is 0.337 e. The molecular weight excluding hydrogens is 292 g/mol. The summed E-state index contributed by atoms with van der Waals surface area (Å²) in [4.78, 5) is 11.5. The molecule has 0 bridgehead atoms. The molecule has 0 amide bonds. The molecule has 126 valence electrons. The molecule has 1 aromatic carbocycles. The lowest BCUT2D eigenvalue weighted by atomic mass is 10.1. The molecule has 0 N–H and O–H groups in total. The number of benzene rings is 1. The van der Waals surface area contributed by atoms with Crippen molar-refractivity contribution in [3.8, 4) is 11.5 Å². The molecule has 0 radical (unpaired) electrons. The quantitative estimate of drug-likeness (QED) is 0.521. The molecule has 0 atom stereocenters. The Labute approximate surface area is 138 Å². The molecule has 0 aliphatic heterocycles. The summed E-state index contributed by atoms with van der Waals surface area (Å²) in [7, 11) is 2.89. The zero-order chi connectivity index (χ0) is 17.2. The SMILES string of the molecule is COC(=O)c1ccc(OC/C=C(\C)CCC=C(C)C)c(OC)c1. The van der Waals surface area contributed by atoms with Crippen molar-refractivity contribution in [1.29, 1.82) is 0 Å². The van der Waals surface area contributed by atoms with Crippen LogP contribution in [0.25, 0.3) is 0 Å². The molecule has 0 fully saturated rings. The monoisotopic (exact) mass is 318 g/mol. The van der Waals surface area contributed by atoms with Gasteiger partial charge >= 0.3 is 5.97 Å². The first-order valence-corrected chi connectivity index (χ1v) is 7.66. The Balaban J connectivity index is 2.63. The van der Waals surface area contributed by atoms with Crippen LogP contribution in [-0.2, 0) is 4.74 Å². The van der Waals surface area contributed by atoms with E-state index >= 15 is 0 Å². The first-order chi connectivity index (χ1) is 11.0. The van der Waals surface area contributed by atoms with Crippen LogP contribution in [0.15, 0.2) is 41.5 Å². The van der Waals surface area contributed by atoms with Crippen molar-refractivity contribution >= 4 is 5.97 Å². The number of rotatable bonds is 8. The number of carbonyl (C=O) groups excluding carboxylic acids is 1. The van der Waals surface area contributed by atoms with Crippen LogP contribution >= 0.6 is 0 Å². The third-order valence-electron chi connectivity index (χ3n) is 3.35. The van der Waals surface area contributed by atoms with Gasteiger partial charge in [-0.3, -0.25) is 0 Å². The van der Waals surface area contributed by atoms with Gasteiger partial charge in [0.25, 0.3) is 0 Å². The van der Waals surface area contributed by atoms with Gasteiger partial charge in [-0.25, -0.2) is 4.79 Å². The first-order valence-electron chi connectivity index (χ1n) is 7.66. The molecule has 0 saturated carbocycles. The van der Waals surface area contributed by atoms with Crippen molar-refractivity contribution in [3.63, 3.8) is 0 Å². The average molecular weight is 318 g/mol. The van der Waals surface area contributed by atoms with E-state index in [0.717, 1.165) is 12.8 Å². The van der Waals surface area contributed by atoms with Gasteiger partial charge in [-0.05, 0) is 57.9 Å². The Hall–Kier alpha value is -2.23. The van der Waals surface area contributed by atoms with E-state index in [4.69, 9.17) is 14.2 Å². The first kappa shape index (κ1) is 18.8. The number of allylic oxidation sites excluding steroid dienone is 3.